The van der Waals surface area contributed by atoms with Crippen molar-refractivity contribution in [2.75, 3.05) is 38.7 Å². The van der Waals surface area contributed by atoms with E-state index in [9.17, 15) is 0 Å². The van der Waals surface area contributed by atoms with Crippen LogP contribution in [0.1, 0.15) is 12.8 Å². The molecule has 2 rings (SSSR count). The molecule has 18 heavy (non-hydrogen) atoms. The topological polar surface area (TPSA) is 24.5 Å². The molecule has 1 N–H and O–H groups in total. The molecule has 1 heterocycles. The minimum atomic E-state index is 0.686. The number of halogens is 1. The number of hydrogen-bond donors (Lipinski definition) is 1. The van der Waals surface area contributed by atoms with Crippen molar-refractivity contribution in [2.45, 2.75) is 18.9 Å². The first kappa shape index (κ1) is 13.8. The van der Waals surface area contributed by atoms with E-state index in [0.29, 0.717) is 6.04 Å². The van der Waals surface area contributed by atoms with Gasteiger partial charge in [0.05, 0.1) is 0 Å². The average Bonchev–Trinajstić information content (AvgIpc) is 2.42. The highest BCUT2D eigenvalue weighted by molar-refractivity contribution is 9.10. The molecule has 3 nitrogen and oxygen atoms in total. The molecule has 0 radical (unpaired) electrons. The monoisotopic (exact) mass is 312 g/mol. The fourth-order valence-corrected chi connectivity index (χ4v) is 2.52. The third-order valence-corrected chi connectivity index (χ3v) is 3.98. The second kappa shape index (κ2) is 7.12. The SMILES string of the molecule is CN(CCNc1ccc(Br)cc1)C1CCOCC1. The Labute approximate surface area is 118 Å². The van der Waals surface area contributed by atoms with Gasteiger partial charge in [-0.05, 0) is 44.2 Å². The molecule has 0 unspecified atom stereocenters. The summed E-state index contributed by atoms with van der Waals surface area (Å²) in [5.74, 6) is 0. The summed E-state index contributed by atoms with van der Waals surface area (Å²) in [7, 11) is 2.21. The Morgan fingerprint density at radius 2 is 1.94 bits per heavy atom. The Hall–Kier alpha value is -0.580. The van der Waals surface area contributed by atoms with Crippen molar-refractivity contribution in [3.8, 4) is 0 Å². The van der Waals surface area contributed by atoms with Gasteiger partial charge < -0.3 is 15.0 Å². The van der Waals surface area contributed by atoms with Gasteiger partial charge in [-0.25, -0.2) is 0 Å². The van der Waals surface area contributed by atoms with Gasteiger partial charge in [-0.15, -0.1) is 0 Å². The highest BCUT2D eigenvalue weighted by atomic mass is 79.9. The minimum Gasteiger partial charge on any atom is -0.384 e. The van der Waals surface area contributed by atoms with E-state index in [1.54, 1.807) is 0 Å². The van der Waals surface area contributed by atoms with Crippen LogP contribution in [-0.4, -0.2) is 44.3 Å². The van der Waals surface area contributed by atoms with Crippen LogP contribution in [0.5, 0.6) is 0 Å². The number of rotatable bonds is 5. The molecule has 0 atom stereocenters. The summed E-state index contributed by atoms with van der Waals surface area (Å²) in [4.78, 5) is 2.44. The zero-order chi connectivity index (χ0) is 12.8. The third kappa shape index (κ3) is 4.26. The molecule has 0 bridgehead atoms. The average molecular weight is 313 g/mol. The molecular weight excluding hydrogens is 292 g/mol. The molecule has 1 saturated heterocycles. The van der Waals surface area contributed by atoms with E-state index in [2.05, 4.69) is 57.5 Å². The summed E-state index contributed by atoms with van der Waals surface area (Å²) in [6.07, 6.45) is 2.32. The third-order valence-electron chi connectivity index (χ3n) is 3.45. The molecule has 100 valence electrons. The molecule has 0 aliphatic carbocycles. The Morgan fingerprint density at radius 3 is 2.61 bits per heavy atom. The Morgan fingerprint density at radius 1 is 1.28 bits per heavy atom. The number of benzene rings is 1. The van der Waals surface area contributed by atoms with Gasteiger partial charge in [0.25, 0.3) is 0 Å². The predicted octanol–water partition coefficient (Wildman–Crippen LogP) is 2.97. The number of nitrogens with zero attached hydrogens (tertiary/aromatic N) is 1. The smallest absolute Gasteiger partial charge is 0.0480 e. The lowest BCUT2D eigenvalue weighted by molar-refractivity contribution is 0.0443. The fourth-order valence-electron chi connectivity index (χ4n) is 2.25. The zero-order valence-corrected chi connectivity index (χ0v) is 12.4. The summed E-state index contributed by atoms with van der Waals surface area (Å²) in [6, 6.07) is 9.00. The lowest BCUT2D eigenvalue weighted by Crippen LogP contribution is -2.39. The van der Waals surface area contributed by atoms with Crippen molar-refractivity contribution in [1.29, 1.82) is 0 Å². The molecular formula is C14H21BrN2O. The van der Waals surface area contributed by atoms with Gasteiger partial charge >= 0.3 is 0 Å². The van der Waals surface area contributed by atoms with Crippen LogP contribution in [0.4, 0.5) is 5.69 Å². The maximum absolute atomic E-state index is 5.39. The van der Waals surface area contributed by atoms with Crippen LogP contribution in [0.25, 0.3) is 0 Å². The Balaban J connectivity index is 1.69. The summed E-state index contributed by atoms with van der Waals surface area (Å²) in [6.45, 7) is 3.88. The van der Waals surface area contributed by atoms with Gasteiger partial charge in [0.1, 0.15) is 0 Å². The van der Waals surface area contributed by atoms with Crippen molar-refractivity contribution in [3.63, 3.8) is 0 Å². The van der Waals surface area contributed by atoms with Crippen molar-refractivity contribution in [2.24, 2.45) is 0 Å². The molecule has 1 aliphatic rings. The van der Waals surface area contributed by atoms with E-state index in [1.807, 2.05) is 0 Å². The van der Waals surface area contributed by atoms with Gasteiger partial charge in [0, 0.05) is 42.5 Å². The first-order valence-electron chi connectivity index (χ1n) is 6.53. The van der Waals surface area contributed by atoms with E-state index < -0.39 is 0 Å². The van der Waals surface area contributed by atoms with E-state index in [4.69, 9.17) is 4.74 Å². The molecule has 1 fully saturated rings. The maximum Gasteiger partial charge on any atom is 0.0480 e. The molecule has 0 aromatic heterocycles. The van der Waals surface area contributed by atoms with E-state index in [0.717, 1.165) is 43.6 Å². The standard InChI is InChI=1S/C14H21BrN2O/c1-17(14-6-10-18-11-7-14)9-8-16-13-4-2-12(15)3-5-13/h2-5,14,16H,6-11H2,1H3. The van der Waals surface area contributed by atoms with Gasteiger partial charge in [-0.1, -0.05) is 15.9 Å². The second-order valence-electron chi connectivity index (χ2n) is 4.76. The van der Waals surface area contributed by atoms with Crippen LogP contribution >= 0.6 is 15.9 Å². The molecule has 4 heteroatoms. The van der Waals surface area contributed by atoms with Crippen molar-refractivity contribution < 1.29 is 4.74 Å². The molecule has 0 amide bonds. The lowest BCUT2D eigenvalue weighted by Gasteiger charge is -2.31. The molecule has 1 aromatic rings. The molecule has 1 aliphatic heterocycles. The largest absolute Gasteiger partial charge is 0.384 e. The van der Waals surface area contributed by atoms with E-state index in [-0.39, 0.29) is 0 Å². The molecule has 0 saturated carbocycles. The number of anilines is 1. The quantitative estimate of drug-likeness (QED) is 0.904. The van der Waals surface area contributed by atoms with Crippen molar-refractivity contribution in [3.05, 3.63) is 28.7 Å². The lowest BCUT2D eigenvalue weighted by atomic mass is 10.1. The van der Waals surface area contributed by atoms with Gasteiger partial charge in [-0.3, -0.25) is 0 Å². The first-order valence-corrected chi connectivity index (χ1v) is 7.32. The summed E-state index contributed by atoms with van der Waals surface area (Å²) >= 11 is 3.44. The van der Waals surface area contributed by atoms with Crippen LogP contribution in [0, 0.1) is 0 Å². The van der Waals surface area contributed by atoms with Crippen LogP contribution in [0.15, 0.2) is 28.7 Å². The highest BCUT2D eigenvalue weighted by Gasteiger charge is 2.17. The molecule has 0 spiro atoms. The first-order chi connectivity index (χ1) is 8.75. The van der Waals surface area contributed by atoms with Crippen LogP contribution in [0.3, 0.4) is 0 Å². The maximum atomic E-state index is 5.39. The summed E-state index contributed by atoms with van der Waals surface area (Å²) < 4.78 is 6.51. The fraction of sp³-hybridized carbons (Fsp3) is 0.571. The molecule has 1 aromatic carbocycles. The van der Waals surface area contributed by atoms with Gasteiger partial charge in [0.15, 0.2) is 0 Å². The van der Waals surface area contributed by atoms with Gasteiger partial charge in [-0.2, -0.15) is 0 Å². The number of nitrogens with one attached hydrogen (secondary N) is 1. The number of hydrogen-bond acceptors (Lipinski definition) is 3. The summed E-state index contributed by atoms with van der Waals surface area (Å²) in [5.41, 5.74) is 1.18. The van der Waals surface area contributed by atoms with Crippen molar-refractivity contribution in [1.82, 2.24) is 4.90 Å². The minimum absolute atomic E-state index is 0.686. The highest BCUT2D eigenvalue weighted by Crippen LogP contribution is 2.15. The number of ether oxygens (including phenoxy) is 1. The number of likely N-dealkylation sites (N-methyl/N-ethyl adjacent to an activating group) is 1. The van der Waals surface area contributed by atoms with Crippen LogP contribution in [-0.2, 0) is 4.74 Å². The predicted molar refractivity (Wildman–Crippen MR) is 79.1 cm³/mol. The van der Waals surface area contributed by atoms with E-state index in [1.165, 1.54) is 5.69 Å². The van der Waals surface area contributed by atoms with Crippen LogP contribution in [0.2, 0.25) is 0 Å². The van der Waals surface area contributed by atoms with E-state index >= 15 is 0 Å². The summed E-state index contributed by atoms with van der Waals surface area (Å²) in [5, 5.41) is 3.45. The second-order valence-corrected chi connectivity index (χ2v) is 5.67. The Kier molecular flexibility index (Phi) is 5.47. The zero-order valence-electron chi connectivity index (χ0n) is 10.9. The normalized spacial score (nSPS) is 17.1. The van der Waals surface area contributed by atoms with Crippen molar-refractivity contribution >= 4 is 21.6 Å². The Bertz CT molecular complexity index is 349. The van der Waals surface area contributed by atoms with Gasteiger partial charge in [0.2, 0.25) is 0 Å². The van der Waals surface area contributed by atoms with Crippen LogP contribution < -0.4 is 5.32 Å².